The summed E-state index contributed by atoms with van der Waals surface area (Å²) in [5.41, 5.74) is 0.759. The summed E-state index contributed by atoms with van der Waals surface area (Å²) in [5.74, 6) is 0.999. The molecule has 0 fully saturated rings. The Bertz CT molecular complexity index is 486. The number of aryl methyl sites for hydroxylation is 1. The number of carbonyl (C=O) groups excluding carboxylic acids is 1. The van der Waals surface area contributed by atoms with Gasteiger partial charge < -0.3 is 4.74 Å². The summed E-state index contributed by atoms with van der Waals surface area (Å²) in [4.78, 5) is 13.2. The predicted molar refractivity (Wildman–Crippen MR) is 74.6 cm³/mol. The number of ketones is 1. The van der Waals surface area contributed by atoms with Gasteiger partial charge in [-0.1, -0.05) is 6.07 Å². The van der Waals surface area contributed by atoms with Crippen molar-refractivity contribution in [2.24, 2.45) is 0 Å². The molecule has 0 aliphatic carbocycles. The molecule has 1 aromatic carbocycles. The van der Waals surface area contributed by atoms with Gasteiger partial charge in [0.05, 0.1) is 6.61 Å². The van der Waals surface area contributed by atoms with Crippen LogP contribution in [0.2, 0.25) is 0 Å². The zero-order valence-corrected chi connectivity index (χ0v) is 11.2. The van der Waals surface area contributed by atoms with Crippen molar-refractivity contribution < 1.29 is 9.53 Å². The minimum Gasteiger partial charge on any atom is -0.494 e. The normalized spacial score (nSPS) is 10.3. The van der Waals surface area contributed by atoms with E-state index in [1.54, 1.807) is 11.3 Å². The van der Waals surface area contributed by atoms with Crippen molar-refractivity contribution in [2.45, 2.75) is 19.8 Å². The maximum absolute atomic E-state index is 12.0. The van der Waals surface area contributed by atoms with Gasteiger partial charge in [0.15, 0.2) is 5.78 Å². The lowest BCUT2D eigenvalue weighted by Crippen LogP contribution is -2.00. The maximum Gasteiger partial charge on any atom is 0.163 e. The van der Waals surface area contributed by atoms with Gasteiger partial charge >= 0.3 is 0 Å². The van der Waals surface area contributed by atoms with Gasteiger partial charge in [0.2, 0.25) is 0 Å². The first-order chi connectivity index (χ1) is 8.79. The molecule has 0 saturated heterocycles. The van der Waals surface area contributed by atoms with E-state index in [-0.39, 0.29) is 5.78 Å². The summed E-state index contributed by atoms with van der Waals surface area (Å²) < 4.78 is 5.35. The molecule has 0 amide bonds. The molecule has 94 valence electrons. The van der Waals surface area contributed by atoms with Crippen LogP contribution in [0.3, 0.4) is 0 Å². The zero-order valence-electron chi connectivity index (χ0n) is 10.4. The Labute approximate surface area is 111 Å². The van der Waals surface area contributed by atoms with Crippen molar-refractivity contribution in [1.29, 1.82) is 0 Å². The second-order valence-corrected chi connectivity index (χ2v) is 4.99. The van der Waals surface area contributed by atoms with Crippen LogP contribution in [0, 0.1) is 0 Å². The molecule has 0 radical (unpaired) electrons. The first kappa shape index (κ1) is 12.8. The monoisotopic (exact) mass is 260 g/mol. The van der Waals surface area contributed by atoms with Crippen molar-refractivity contribution in [3.8, 4) is 5.75 Å². The fourth-order valence-electron chi connectivity index (χ4n) is 1.74. The van der Waals surface area contributed by atoms with Gasteiger partial charge in [-0.3, -0.25) is 4.79 Å². The molecule has 1 aromatic heterocycles. The van der Waals surface area contributed by atoms with Crippen LogP contribution >= 0.6 is 11.3 Å². The molecule has 0 atom stereocenters. The summed E-state index contributed by atoms with van der Waals surface area (Å²) in [6.45, 7) is 2.59. The van der Waals surface area contributed by atoms with Crippen LogP contribution in [-0.4, -0.2) is 12.4 Å². The molecule has 0 unspecified atom stereocenters. The van der Waals surface area contributed by atoms with Crippen molar-refractivity contribution in [1.82, 2.24) is 0 Å². The first-order valence-electron chi connectivity index (χ1n) is 6.08. The van der Waals surface area contributed by atoms with E-state index in [4.69, 9.17) is 4.74 Å². The Kier molecular flexibility index (Phi) is 4.53. The number of benzene rings is 1. The van der Waals surface area contributed by atoms with E-state index >= 15 is 0 Å². The number of thiophene rings is 1. The topological polar surface area (TPSA) is 26.3 Å². The van der Waals surface area contributed by atoms with Gasteiger partial charge in [-0.25, -0.2) is 0 Å². The number of Topliss-reactive ketones (excluding diaryl/α,β-unsaturated/α-hetero) is 1. The van der Waals surface area contributed by atoms with Crippen molar-refractivity contribution in [3.63, 3.8) is 0 Å². The molecular weight excluding hydrogens is 244 g/mol. The Morgan fingerprint density at radius 2 is 2.00 bits per heavy atom. The molecule has 0 bridgehead atoms. The molecule has 0 spiro atoms. The second kappa shape index (κ2) is 6.36. The van der Waals surface area contributed by atoms with E-state index in [9.17, 15) is 4.79 Å². The number of hydrogen-bond donors (Lipinski definition) is 0. The summed E-state index contributed by atoms with van der Waals surface area (Å²) in [7, 11) is 0. The molecule has 2 nitrogen and oxygen atoms in total. The summed E-state index contributed by atoms with van der Waals surface area (Å²) >= 11 is 1.70. The van der Waals surface area contributed by atoms with Crippen LogP contribution < -0.4 is 4.74 Å². The van der Waals surface area contributed by atoms with E-state index in [1.165, 1.54) is 4.88 Å². The molecular formula is C15H16O2S. The van der Waals surface area contributed by atoms with Crippen LogP contribution in [0.25, 0.3) is 0 Å². The van der Waals surface area contributed by atoms with E-state index < -0.39 is 0 Å². The van der Waals surface area contributed by atoms with E-state index in [0.29, 0.717) is 13.0 Å². The fraction of sp³-hybridized carbons (Fsp3) is 0.267. The lowest BCUT2D eigenvalue weighted by molar-refractivity contribution is 0.0983. The Morgan fingerprint density at radius 1 is 1.22 bits per heavy atom. The fourth-order valence-corrected chi connectivity index (χ4v) is 2.45. The smallest absolute Gasteiger partial charge is 0.163 e. The van der Waals surface area contributed by atoms with Gasteiger partial charge in [0, 0.05) is 16.9 Å². The van der Waals surface area contributed by atoms with Crippen molar-refractivity contribution >= 4 is 17.1 Å². The Hall–Kier alpha value is -1.61. The van der Waals surface area contributed by atoms with Crippen LogP contribution in [0.4, 0.5) is 0 Å². The van der Waals surface area contributed by atoms with Crippen LogP contribution in [0.15, 0.2) is 41.8 Å². The highest BCUT2D eigenvalue weighted by Crippen LogP contribution is 2.16. The van der Waals surface area contributed by atoms with Gasteiger partial charge in [0.1, 0.15) is 5.75 Å². The average Bonchev–Trinajstić information content (AvgIpc) is 2.90. The largest absolute Gasteiger partial charge is 0.494 e. The lowest BCUT2D eigenvalue weighted by atomic mass is 10.1. The molecule has 1 heterocycles. The van der Waals surface area contributed by atoms with Crippen LogP contribution in [-0.2, 0) is 6.42 Å². The number of ether oxygens (including phenoxy) is 1. The van der Waals surface area contributed by atoms with Gasteiger partial charge in [0.25, 0.3) is 0 Å². The minimum absolute atomic E-state index is 0.187. The van der Waals surface area contributed by atoms with E-state index in [1.807, 2.05) is 42.6 Å². The first-order valence-corrected chi connectivity index (χ1v) is 6.96. The van der Waals surface area contributed by atoms with Gasteiger partial charge in [-0.15, -0.1) is 11.3 Å². The Balaban J connectivity index is 1.92. The number of hydrogen-bond acceptors (Lipinski definition) is 3. The van der Waals surface area contributed by atoms with Crippen molar-refractivity contribution in [3.05, 3.63) is 52.2 Å². The molecule has 18 heavy (non-hydrogen) atoms. The summed E-state index contributed by atoms with van der Waals surface area (Å²) in [5, 5.41) is 2.04. The van der Waals surface area contributed by atoms with Crippen LogP contribution in [0.5, 0.6) is 5.75 Å². The zero-order chi connectivity index (χ0) is 12.8. The number of rotatable bonds is 6. The van der Waals surface area contributed by atoms with E-state index in [0.717, 1.165) is 17.7 Å². The molecule has 2 rings (SSSR count). The quantitative estimate of drug-likeness (QED) is 0.735. The van der Waals surface area contributed by atoms with Gasteiger partial charge in [-0.2, -0.15) is 0 Å². The molecule has 0 saturated carbocycles. The average molecular weight is 260 g/mol. The molecule has 3 heteroatoms. The SMILES string of the molecule is CCOc1ccc(C(=O)CCc2cccs2)cc1. The minimum atomic E-state index is 0.187. The molecule has 0 aliphatic heterocycles. The molecule has 2 aromatic rings. The van der Waals surface area contributed by atoms with Crippen molar-refractivity contribution in [2.75, 3.05) is 6.61 Å². The molecule has 0 aliphatic rings. The maximum atomic E-state index is 12.0. The van der Waals surface area contributed by atoms with Crippen LogP contribution in [0.1, 0.15) is 28.6 Å². The standard InChI is InChI=1S/C15H16O2S/c1-2-17-13-7-5-12(6-8-13)15(16)10-9-14-4-3-11-18-14/h3-8,11H,2,9-10H2,1H3. The third kappa shape index (κ3) is 3.44. The highest BCUT2D eigenvalue weighted by molar-refractivity contribution is 7.09. The number of carbonyl (C=O) groups is 1. The third-order valence-electron chi connectivity index (χ3n) is 2.67. The van der Waals surface area contributed by atoms with Gasteiger partial charge in [-0.05, 0) is 49.1 Å². The summed E-state index contributed by atoms with van der Waals surface area (Å²) in [6, 6.07) is 11.4. The summed E-state index contributed by atoms with van der Waals surface area (Å²) in [6.07, 6.45) is 1.39. The third-order valence-corrected chi connectivity index (χ3v) is 3.60. The highest BCUT2D eigenvalue weighted by Gasteiger charge is 2.06. The van der Waals surface area contributed by atoms with E-state index in [2.05, 4.69) is 6.07 Å². The predicted octanol–water partition coefficient (Wildman–Crippen LogP) is 3.96. The highest BCUT2D eigenvalue weighted by atomic mass is 32.1. The second-order valence-electron chi connectivity index (χ2n) is 3.96. The lowest BCUT2D eigenvalue weighted by Gasteiger charge is -2.04. The Morgan fingerprint density at radius 3 is 2.61 bits per heavy atom. The molecule has 0 N–H and O–H groups in total.